The van der Waals surface area contributed by atoms with Crippen LogP contribution in [0.3, 0.4) is 0 Å². The summed E-state index contributed by atoms with van der Waals surface area (Å²) in [5.41, 5.74) is 0. The maximum atomic E-state index is 10.6. The minimum Gasteiger partial charge on any atom is -0.465 e. The monoisotopic (exact) mass is 187 g/mol. The topological polar surface area (TPSA) is 60.8 Å². The van der Waals surface area contributed by atoms with Crippen molar-refractivity contribution in [3.05, 3.63) is 0 Å². The minimum absolute atomic E-state index is 0.153. The van der Waals surface area contributed by atoms with E-state index in [4.69, 9.17) is 10.2 Å². The Morgan fingerprint density at radius 2 is 1.92 bits per heavy atom. The van der Waals surface area contributed by atoms with Gasteiger partial charge in [-0.2, -0.15) is 0 Å². The van der Waals surface area contributed by atoms with E-state index in [1.807, 2.05) is 0 Å². The van der Waals surface area contributed by atoms with E-state index in [-0.39, 0.29) is 12.6 Å². The van der Waals surface area contributed by atoms with Gasteiger partial charge in [-0.1, -0.05) is 0 Å². The molecule has 0 bridgehead atoms. The number of aliphatic hydroxyl groups is 1. The summed E-state index contributed by atoms with van der Waals surface area (Å²) in [6, 6.07) is 0.153. The molecule has 1 fully saturated rings. The van der Waals surface area contributed by atoms with Crippen molar-refractivity contribution in [3.8, 4) is 0 Å². The quantitative estimate of drug-likeness (QED) is 0.681. The lowest BCUT2D eigenvalue weighted by atomic mass is 9.86. The Morgan fingerprint density at radius 1 is 1.38 bits per heavy atom. The average Bonchev–Trinajstić information content (AvgIpc) is 2.17. The number of nitrogens with zero attached hydrogens (tertiary/aromatic N) is 1. The van der Waals surface area contributed by atoms with Gasteiger partial charge < -0.3 is 15.1 Å². The molecule has 0 heterocycles. The van der Waals surface area contributed by atoms with Gasteiger partial charge in [0.1, 0.15) is 0 Å². The molecule has 0 aromatic rings. The van der Waals surface area contributed by atoms with Crippen LogP contribution in [0.5, 0.6) is 0 Å². The zero-order valence-electron chi connectivity index (χ0n) is 7.94. The van der Waals surface area contributed by atoms with Crippen LogP contribution < -0.4 is 0 Å². The molecule has 0 aromatic carbocycles. The highest BCUT2D eigenvalue weighted by atomic mass is 16.4. The zero-order valence-corrected chi connectivity index (χ0v) is 7.94. The third-order valence-electron chi connectivity index (χ3n) is 2.92. The first-order valence-electron chi connectivity index (χ1n) is 4.71. The summed E-state index contributed by atoms with van der Waals surface area (Å²) in [5.74, 6) is 0.387. The second-order valence-electron chi connectivity index (χ2n) is 3.75. The standard InChI is InChI=1S/C9H17NO3/c1-10(9(12)13)8-4-2-7(6-11)3-5-8/h7-8,11H,2-6H2,1H3,(H,12,13). The van der Waals surface area contributed by atoms with Gasteiger partial charge in [-0.25, -0.2) is 4.79 Å². The molecule has 0 saturated heterocycles. The fourth-order valence-corrected chi connectivity index (χ4v) is 1.87. The number of carbonyl (C=O) groups is 1. The first-order chi connectivity index (χ1) is 6.15. The Balaban J connectivity index is 2.36. The lowest BCUT2D eigenvalue weighted by Gasteiger charge is -2.32. The van der Waals surface area contributed by atoms with Gasteiger partial charge in [0.25, 0.3) is 0 Å². The van der Waals surface area contributed by atoms with Crippen LogP contribution in [0.15, 0.2) is 0 Å². The van der Waals surface area contributed by atoms with Gasteiger partial charge in [0.2, 0.25) is 0 Å². The Bertz CT molecular complexity index is 176. The van der Waals surface area contributed by atoms with Crippen LogP contribution in [0.1, 0.15) is 25.7 Å². The van der Waals surface area contributed by atoms with Gasteiger partial charge in [0, 0.05) is 19.7 Å². The summed E-state index contributed by atoms with van der Waals surface area (Å²) in [5, 5.41) is 17.6. The highest BCUT2D eigenvalue weighted by molar-refractivity contribution is 5.64. The molecule has 0 spiro atoms. The van der Waals surface area contributed by atoms with E-state index in [2.05, 4.69) is 0 Å². The van der Waals surface area contributed by atoms with Crippen molar-refractivity contribution in [2.24, 2.45) is 5.92 Å². The highest BCUT2D eigenvalue weighted by Crippen LogP contribution is 2.26. The van der Waals surface area contributed by atoms with Gasteiger partial charge in [0.15, 0.2) is 0 Å². The SMILES string of the molecule is CN(C(=O)O)C1CCC(CO)CC1. The normalized spacial score (nSPS) is 28.5. The van der Waals surface area contributed by atoms with Crippen LogP contribution >= 0.6 is 0 Å². The maximum Gasteiger partial charge on any atom is 0.407 e. The van der Waals surface area contributed by atoms with E-state index >= 15 is 0 Å². The van der Waals surface area contributed by atoms with Crippen LogP contribution in [0.25, 0.3) is 0 Å². The summed E-state index contributed by atoms with van der Waals surface area (Å²) in [6.07, 6.45) is 2.80. The van der Waals surface area contributed by atoms with Gasteiger partial charge in [-0.05, 0) is 31.6 Å². The van der Waals surface area contributed by atoms with Crippen LogP contribution in [-0.4, -0.2) is 40.9 Å². The highest BCUT2D eigenvalue weighted by Gasteiger charge is 2.25. The molecule has 4 nitrogen and oxygen atoms in total. The fraction of sp³-hybridized carbons (Fsp3) is 0.889. The van der Waals surface area contributed by atoms with Crippen molar-refractivity contribution in [3.63, 3.8) is 0 Å². The van der Waals surface area contributed by atoms with E-state index < -0.39 is 6.09 Å². The van der Waals surface area contributed by atoms with Crippen LogP contribution in [0.2, 0.25) is 0 Å². The van der Waals surface area contributed by atoms with E-state index in [9.17, 15) is 4.79 Å². The second kappa shape index (κ2) is 4.46. The lowest BCUT2D eigenvalue weighted by molar-refractivity contribution is 0.107. The minimum atomic E-state index is -0.854. The van der Waals surface area contributed by atoms with Crippen molar-refractivity contribution >= 4 is 6.09 Å². The fourth-order valence-electron chi connectivity index (χ4n) is 1.87. The second-order valence-corrected chi connectivity index (χ2v) is 3.75. The molecule has 1 amide bonds. The van der Waals surface area contributed by atoms with E-state index in [0.717, 1.165) is 25.7 Å². The summed E-state index contributed by atoms with van der Waals surface area (Å²) < 4.78 is 0. The maximum absolute atomic E-state index is 10.6. The third kappa shape index (κ3) is 2.59. The Labute approximate surface area is 78.2 Å². The molecule has 1 aliphatic rings. The molecule has 76 valence electrons. The predicted octanol–water partition coefficient (Wildman–Crippen LogP) is 1.15. The molecule has 1 rings (SSSR count). The number of aliphatic hydroxyl groups excluding tert-OH is 1. The van der Waals surface area contributed by atoms with Crippen molar-refractivity contribution in [1.29, 1.82) is 0 Å². The smallest absolute Gasteiger partial charge is 0.407 e. The van der Waals surface area contributed by atoms with E-state index in [0.29, 0.717) is 5.92 Å². The molecule has 0 aromatic heterocycles. The molecule has 0 unspecified atom stereocenters. The van der Waals surface area contributed by atoms with Crippen molar-refractivity contribution < 1.29 is 15.0 Å². The third-order valence-corrected chi connectivity index (χ3v) is 2.92. The molecular weight excluding hydrogens is 170 g/mol. The summed E-state index contributed by atoms with van der Waals surface area (Å²) >= 11 is 0. The lowest BCUT2D eigenvalue weighted by Crippen LogP contribution is -2.38. The van der Waals surface area contributed by atoms with Gasteiger partial charge >= 0.3 is 6.09 Å². The van der Waals surface area contributed by atoms with Gasteiger partial charge in [-0.3, -0.25) is 0 Å². The first kappa shape index (κ1) is 10.3. The van der Waals surface area contributed by atoms with Crippen molar-refractivity contribution in [1.82, 2.24) is 4.90 Å². The molecule has 0 atom stereocenters. The van der Waals surface area contributed by atoms with E-state index in [1.54, 1.807) is 7.05 Å². The zero-order chi connectivity index (χ0) is 9.84. The molecule has 4 heteroatoms. The molecule has 1 saturated carbocycles. The predicted molar refractivity (Wildman–Crippen MR) is 48.6 cm³/mol. The number of hydrogen-bond acceptors (Lipinski definition) is 2. The molecule has 0 aliphatic heterocycles. The summed E-state index contributed by atoms with van der Waals surface area (Å²) in [6.45, 7) is 0.240. The number of amides is 1. The van der Waals surface area contributed by atoms with Crippen LogP contribution in [-0.2, 0) is 0 Å². The summed E-state index contributed by atoms with van der Waals surface area (Å²) in [4.78, 5) is 12.0. The van der Waals surface area contributed by atoms with Crippen LogP contribution in [0, 0.1) is 5.92 Å². The number of rotatable bonds is 2. The first-order valence-corrected chi connectivity index (χ1v) is 4.71. The summed E-state index contributed by atoms with van der Waals surface area (Å²) in [7, 11) is 1.62. The van der Waals surface area contributed by atoms with Gasteiger partial charge in [0.05, 0.1) is 0 Å². The molecule has 1 aliphatic carbocycles. The Hall–Kier alpha value is -0.770. The Morgan fingerprint density at radius 3 is 2.31 bits per heavy atom. The number of carboxylic acid groups (broad SMARTS) is 1. The van der Waals surface area contributed by atoms with E-state index in [1.165, 1.54) is 4.90 Å². The van der Waals surface area contributed by atoms with Crippen LogP contribution in [0.4, 0.5) is 4.79 Å². The molecule has 0 radical (unpaired) electrons. The van der Waals surface area contributed by atoms with Crippen molar-refractivity contribution in [2.45, 2.75) is 31.7 Å². The molecular formula is C9H17NO3. The largest absolute Gasteiger partial charge is 0.465 e. The van der Waals surface area contributed by atoms with Gasteiger partial charge in [-0.15, -0.1) is 0 Å². The molecule has 13 heavy (non-hydrogen) atoms. The Kier molecular flexibility index (Phi) is 3.54. The van der Waals surface area contributed by atoms with Crippen molar-refractivity contribution in [2.75, 3.05) is 13.7 Å². The molecule has 2 N–H and O–H groups in total. The number of hydrogen-bond donors (Lipinski definition) is 2. The average molecular weight is 187 g/mol.